The molecule has 20 heavy (non-hydrogen) atoms. The first-order chi connectivity index (χ1) is 9.54. The van der Waals surface area contributed by atoms with Gasteiger partial charge < -0.3 is 10.4 Å². The fourth-order valence-electron chi connectivity index (χ4n) is 1.94. The highest BCUT2D eigenvalue weighted by Gasteiger charge is 2.14. The Morgan fingerprint density at radius 3 is 2.95 bits per heavy atom. The lowest BCUT2D eigenvalue weighted by Gasteiger charge is -2.06. The van der Waals surface area contributed by atoms with Crippen LogP contribution in [0, 0.1) is 13.8 Å². The molecule has 1 aromatic carbocycles. The summed E-state index contributed by atoms with van der Waals surface area (Å²) in [7, 11) is 0. The highest BCUT2D eigenvalue weighted by molar-refractivity contribution is 7.15. The third-order valence-corrected chi connectivity index (χ3v) is 3.98. The van der Waals surface area contributed by atoms with Gasteiger partial charge in [0.15, 0.2) is 4.96 Å². The summed E-state index contributed by atoms with van der Waals surface area (Å²) in [5.74, 6) is -0.289. The van der Waals surface area contributed by atoms with Gasteiger partial charge in [-0.2, -0.15) is 0 Å². The predicted octanol–water partition coefficient (Wildman–Crippen LogP) is 2.97. The molecule has 0 fully saturated rings. The maximum Gasteiger partial charge on any atom is 0.276 e. The van der Waals surface area contributed by atoms with E-state index in [1.165, 1.54) is 11.3 Å². The van der Waals surface area contributed by atoms with Crippen molar-refractivity contribution in [3.63, 3.8) is 0 Å². The molecule has 0 saturated carbocycles. The fourth-order valence-corrected chi connectivity index (χ4v) is 2.79. The smallest absolute Gasteiger partial charge is 0.276 e. The number of phenols is 1. The monoisotopic (exact) mass is 287 g/mol. The Bertz CT molecular complexity index is 804. The van der Waals surface area contributed by atoms with E-state index in [0.717, 1.165) is 16.2 Å². The number of rotatable bonds is 2. The summed E-state index contributed by atoms with van der Waals surface area (Å²) >= 11 is 1.49. The highest BCUT2D eigenvalue weighted by atomic mass is 32.1. The Morgan fingerprint density at radius 1 is 1.40 bits per heavy atom. The number of carbonyl (C=O) groups excluding carboxylic acids is 1. The minimum atomic E-state index is -0.332. The van der Waals surface area contributed by atoms with Crippen LogP contribution in [0.5, 0.6) is 5.75 Å². The second-order valence-corrected chi connectivity index (χ2v) is 5.47. The van der Waals surface area contributed by atoms with E-state index in [4.69, 9.17) is 0 Å². The Labute approximate surface area is 119 Å². The molecule has 0 unspecified atom stereocenters. The van der Waals surface area contributed by atoms with Crippen molar-refractivity contribution >= 4 is 27.9 Å². The van der Waals surface area contributed by atoms with E-state index in [1.54, 1.807) is 24.4 Å². The summed E-state index contributed by atoms with van der Waals surface area (Å²) in [6.07, 6.45) is 1.70. The van der Waals surface area contributed by atoms with Gasteiger partial charge in [0.2, 0.25) is 0 Å². The van der Waals surface area contributed by atoms with Crippen molar-refractivity contribution in [3.05, 3.63) is 46.7 Å². The number of carbonyl (C=O) groups is 1. The molecule has 1 amide bonds. The molecule has 0 aliphatic carbocycles. The summed E-state index contributed by atoms with van der Waals surface area (Å²) in [5, 5.41) is 14.4. The van der Waals surface area contributed by atoms with Gasteiger partial charge in [-0.05, 0) is 31.5 Å². The van der Waals surface area contributed by atoms with E-state index >= 15 is 0 Å². The van der Waals surface area contributed by atoms with Crippen LogP contribution in [0.4, 0.5) is 5.69 Å². The van der Waals surface area contributed by atoms with Crippen molar-refractivity contribution in [2.75, 3.05) is 5.32 Å². The van der Waals surface area contributed by atoms with Gasteiger partial charge in [0.25, 0.3) is 5.91 Å². The Kier molecular flexibility index (Phi) is 2.94. The molecule has 6 heteroatoms. The number of imidazole rings is 1. The number of aryl methyl sites for hydroxylation is 2. The van der Waals surface area contributed by atoms with Crippen molar-refractivity contribution in [2.24, 2.45) is 0 Å². The first-order valence-electron chi connectivity index (χ1n) is 6.09. The molecule has 2 heterocycles. The van der Waals surface area contributed by atoms with Crippen LogP contribution in [-0.4, -0.2) is 20.4 Å². The molecule has 102 valence electrons. The van der Waals surface area contributed by atoms with Crippen LogP contribution in [0.1, 0.15) is 21.7 Å². The third-order valence-electron chi connectivity index (χ3n) is 3.02. The molecule has 0 saturated heterocycles. The first-order valence-corrected chi connectivity index (χ1v) is 6.97. The van der Waals surface area contributed by atoms with Crippen molar-refractivity contribution in [1.29, 1.82) is 0 Å². The number of phenolic OH excluding ortho intramolecular Hbond substituents is 1. The molecule has 3 rings (SSSR count). The number of amides is 1. The van der Waals surface area contributed by atoms with Gasteiger partial charge in [0.05, 0.1) is 5.69 Å². The van der Waals surface area contributed by atoms with Gasteiger partial charge >= 0.3 is 0 Å². The molecule has 2 N–H and O–H groups in total. The van der Waals surface area contributed by atoms with E-state index in [2.05, 4.69) is 10.3 Å². The zero-order valence-corrected chi connectivity index (χ0v) is 11.9. The van der Waals surface area contributed by atoms with Gasteiger partial charge in [-0.25, -0.2) is 4.98 Å². The number of aromatic hydroxyl groups is 1. The average Bonchev–Trinajstić information content (AvgIpc) is 2.97. The van der Waals surface area contributed by atoms with Gasteiger partial charge in [-0.15, -0.1) is 11.3 Å². The molecule has 0 atom stereocenters. The van der Waals surface area contributed by atoms with Crippen molar-refractivity contribution in [1.82, 2.24) is 9.38 Å². The number of nitrogens with one attached hydrogen (secondary N) is 1. The molecular formula is C14H13N3O2S. The summed E-state index contributed by atoms with van der Waals surface area (Å²) in [5.41, 5.74) is 2.72. The molecular weight excluding hydrogens is 274 g/mol. The van der Waals surface area contributed by atoms with Crippen molar-refractivity contribution < 1.29 is 9.90 Å². The van der Waals surface area contributed by atoms with Crippen molar-refractivity contribution in [3.8, 4) is 5.75 Å². The molecule has 0 aliphatic heterocycles. The molecule has 2 aromatic heterocycles. The molecule has 0 aliphatic rings. The first kappa shape index (κ1) is 12.7. The summed E-state index contributed by atoms with van der Waals surface area (Å²) in [6.45, 7) is 3.85. The normalized spacial score (nSPS) is 10.9. The molecule has 0 radical (unpaired) electrons. The van der Waals surface area contributed by atoms with E-state index in [0.29, 0.717) is 11.4 Å². The lowest BCUT2D eigenvalue weighted by atomic mass is 10.2. The zero-order valence-electron chi connectivity index (χ0n) is 11.0. The molecule has 3 aromatic rings. The second kappa shape index (κ2) is 4.64. The SMILES string of the molecule is Cc1ccc(O)c(NC(=O)c2cn3c(C)csc3n2)c1. The van der Waals surface area contributed by atoms with Crippen LogP contribution in [-0.2, 0) is 0 Å². The largest absolute Gasteiger partial charge is 0.506 e. The number of anilines is 1. The number of nitrogens with zero attached hydrogens (tertiary/aromatic N) is 2. The number of thiazole rings is 1. The van der Waals surface area contributed by atoms with Crippen LogP contribution in [0.15, 0.2) is 29.8 Å². The van der Waals surface area contributed by atoms with Crippen molar-refractivity contribution in [2.45, 2.75) is 13.8 Å². The molecule has 0 spiro atoms. The standard InChI is InChI=1S/C14H13N3O2S/c1-8-3-4-12(18)10(5-8)15-13(19)11-6-17-9(2)7-20-14(17)16-11/h3-7,18H,1-2H3,(H,15,19). The minimum Gasteiger partial charge on any atom is -0.506 e. The van der Waals surface area contributed by atoms with Crippen LogP contribution >= 0.6 is 11.3 Å². The Balaban J connectivity index is 1.90. The van der Waals surface area contributed by atoms with E-state index < -0.39 is 0 Å². The second-order valence-electron chi connectivity index (χ2n) is 4.63. The van der Waals surface area contributed by atoms with E-state index in [9.17, 15) is 9.90 Å². The lowest BCUT2D eigenvalue weighted by molar-refractivity contribution is 0.102. The molecule has 5 nitrogen and oxygen atoms in total. The topological polar surface area (TPSA) is 66.6 Å². The maximum absolute atomic E-state index is 12.2. The van der Waals surface area contributed by atoms with Gasteiger partial charge in [-0.3, -0.25) is 9.20 Å². The van der Waals surface area contributed by atoms with Gasteiger partial charge in [0.1, 0.15) is 11.4 Å². The average molecular weight is 287 g/mol. The van der Waals surface area contributed by atoms with Crippen LogP contribution in [0.3, 0.4) is 0 Å². The number of fused-ring (bicyclic) bond motifs is 1. The van der Waals surface area contributed by atoms with Crippen LogP contribution in [0.2, 0.25) is 0 Å². The minimum absolute atomic E-state index is 0.0427. The third kappa shape index (κ3) is 2.14. The lowest BCUT2D eigenvalue weighted by Crippen LogP contribution is -2.12. The number of aromatic nitrogens is 2. The van der Waals surface area contributed by atoms with Gasteiger partial charge in [-0.1, -0.05) is 6.07 Å². The number of benzene rings is 1. The Hall–Kier alpha value is -2.34. The van der Waals surface area contributed by atoms with E-state index in [-0.39, 0.29) is 11.7 Å². The van der Waals surface area contributed by atoms with Crippen LogP contribution in [0.25, 0.3) is 4.96 Å². The summed E-state index contributed by atoms with van der Waals surface area (Å²) < 4.78 is 1.87. The Morgan fingerprint density at radius 2 is 2.20 bits per heavy atom. The van der Waals surface area contributed by atoms with Crippen LogP contribution < -0.4 is 5.32 Å². The summed E-state index contributed by atoms with van der Waals surface area (Å²) in [4.78, 5) is 17.2. The highest BCUT2D eigenvalue weighted by Crippen LogP contribution is 2.24. The molecule has 0 bridgehead atoms. The fraction of sp³-hybridized carbons (Fsp3) is 0.143. The number of hydrogen-bond acceptors (Lipinski definition) is 4. The van der Waals surface area contributed by atoms with Gasteiger partial charge in [0, 0.05) is 17.3 Å². The quantitative estimate of drug-likeness (QED) is 0.712. The predicted molar refractivity (Wildman–Crippen MR) is 78.6 cm³/mol. The van der Waals surface area contributed by atoms with E-state index in [1.807, 2.05) is 23.6 Å². The number of hydrogen-bond donors (Lipinski definition) is 2. The maximum atomic E-state index is 12.2. The zero-order chi connectivity index (χ0) is 14.3. The summed E-state index contributed by atoms with van der Waals surface area (Å²) in [6, 6.07) is 5.05.